The van der Waals surface area contributed by atoms with Crippen molar-refractivity contribution in [3.63, 3.8) is 0 Å². The first-order chi connectivity index (χ1) is 9.19. The van der Waals surface area contributed by atoms with Gasteiger partial charge < -0.3 is 5.11 Å². The lowest BCUT2D eigenvalue weighted by Gasteiger charge is -2.31. The average Bonchev–Trinajstić information content (AvgIpc) is 2.39. The topological polar surface area (TPSA) is 54.4 Å². The second kappa shape index (κ2) is 6.68. The van der Waals surface area contributed by atoms with E-state index in [1.54, 1.807) is 19.1 Å². The maximum absolute atomic E-state index is 12.9. The first-order valence-corrected chi connectivity index (χ1v) is 8.65. The van der Waals surface area contributed by atoms with Crippen LogP contribution in [0.5, 0.6) is 0 Å². The Kier molecular flexibility index (Phi) is 5.71. The maximum atomic E-state index is 12.9. The Balaban J connectivity index is 2.65. The first-order valence-electron chi connectivity index (χ1n) is 6.83. The molecule has 1 N–H and O–H groups in total. The summed E-state index contributed by atoms with van der Waals surface area (Å²) < 4.78 is 35.7. The molecule has 0 aliphatic heterocycles. The van der Waals surface area contributed by atoms with Gasteiger partial charge in [-0.25, -0.2) is 12.8 Å². The van der Waals surface area contributed by atoms with Gasteiger partial charge in [0, 0.05) is 11.2 Å². The van der Waals surface area contributed by atoms with E-state index in [2.05, 4.69) is 0 Å². The molecule has 0 radical (unpaired) electrons. The molecule has 0 amide bonds. The number of hydrogen-bond donors (Lipinski definition) is 1. The highest BCUT2D eigenvalue weighted by Gasteiger charge is 2.29. The summed E-state index contributed by atoms with van der Waals surface area (Å²) in [4.78, 5) is 0. The van der Waals surface area contributed by atoms with E-state index in [0.29, 0.717) is 12.8 Å². The van der Waals surface area contributed by atoms with Crippen LogP contribution in [-0.2, 0) is 15.3 Å². The summed E-state index contributed by atoms with van der Waals surface area (Å²) in [7, 11) is -2.99. The van der Waals surface area contributed by atoms with Gasteiger partial charge >= 0.3 is 0 Å². The molecule has 1 unspecified atom stereocenters. The van der Waals surface area contributed by atoms with Crippen LogP contribution in [0.2, 0.25) is 0 Å². The number of halogens is 1. The molecule has 20 heavy (non-hydrogen) atoms. The average molecular weight is 302 g/mol. The zero-order valence-corrected chi connectivity index (χ0v) is 13.1. The van der Waals surface area contributed by atoms with Crippen LogP contribution in [0.25, 0.3) is 0 Å². The molecular formula is C15H23FO3S. The number of rotatable bonds is 7. The van der Waals surface area contributed by atoms with Crippen molar-refractivity contribution in [1.82, 2.24) is 0 Å². The standard InChI is InChI=1S/C15H23FO3S/c1-4-20(18,19)11-5-6-14(17)15(2,3)12-7-9-13(16)10-8-12/h7-10,14,17H,4-6,11H2,1-3H3. The third kappa shape index (κ3) is 4.56. The van der Waals surface area contributed by atoms with Gasteiger partial charge in [-0.3, -0.25) is 0 Å². The molecule has 0 spiro atoms. The Bertz CT molecular complexity index is 521. The van der Waals surface area contributed by atoms with Crippen LogP contribution in [0.1, 0.15) is 39.2 Å². The normalized spacial score (nSPS) is 14.2. The fourth-order valence-electron chi connectivity index (χ4n) is 2.07. The molecule has 0 aromatic heterocycles. The molecule has 3 nitrogen and oxygen atoms in total. The molecule has 0 fully saturated rings. The van der Waals surface area contributed by atoms with Crippen LogP contribution < -0.4 is 0 Å². The van der Waals surface area contributed by atoms with Crippen LogP contribution >= 0.6 is 0 Å². The van der Waals surface area contributed by atoms with E-state index < -0.39 is 21.4 Å². The predicted octanol–water partition coefficient (Wildman–Crippen LogP) is 2.68. The van der Waals surface area contributed by atoms with Crippen molar-refractivity contribution < 1.29 is 17.9 Å². The Hall–Kier alpha value is -0.940. The molecule has 0 aliphatic rings. The van der Waals surface area contributed by atoms with Crippen molar-refractivity contribution in [1.29, 1.82) is 0 Å². The molecule has 1 aromatic rings. The minimum atomic E-state index is -2.99. The molecular weight excluding hydrogens is 279 g/mol. The SMILES string of the molecule is CCS(=O)(=O)CCCC(O)C(C)(C)c1ccc(F)cc1. The van der Waals surface area contributed by atoms with Gasteiger partial charge in [0.25, 0.3) is 0 Å². The molecule has 0 saturated carbocycles. The van der Waals surface area contributed by atoms with E-state index in [-0.39, 0.29) is 17.3 Å². The molecule has 0 aliphatic carbocycles. The van der Waals surface area contributed by atoms with Crippen molar-refractivity contribution >= 4 is 9.84 Å². The number of benzene rings is 1. The minimum Gasteiger partial charge on any atom is -0.392 e. The zero-order valence-electron chi connectivity index (χ0n) is 12.3. The largest absolute Gasteiger partial charge is 0.392 e. The number of hydrogen-bond acceptors (Lipinski definition) is 3. The predicted molar refractivity (Wildman–Crippen MR) is 79.0 cm³/mol. The van der Waals surface area contributed by atoms with Crippen molar-refractivity contribution in [2.24, 2.45) is 0 Å². The Labute approximate surface area is 120 Å². The molecule has 1 atom stereocenters. The fourth-order valence-corrected chi connectivity index (χ4v) is 2.97. The van der Waals surface area contributed by atoms with Gasteiger partial charge in [-0.15, -0.1) is 0 Å². The van der Waals surface area contributed by atoms with Crippen molar-refractivity contribution in [3.05, 3.63) is 35.6 Å². The highest BCUT2D eigenvalue weighted by molar-refractivity contribution is 7.91. The van der Waals surface area contributed by atoms with E-state index in [4.69, 9.17) is 0 Å². The second-order valence-electron chi connectivity index (χ2n) is 5.62. The lowest BCUT2D eigenvalue weighted by molar-refractivity contribution is 0.0907. The van der Waals surface area contributed by atoms with E-state index in [1.807, 2.05) is 13.8 Å². The van der Waals surface area contributed by atoms with Crippen LogP contribution in [0.15, 0.2) is 24.3 Å². The molecule has 0 bridgehead atoms. The maximum Gasteiger partial charge on any atom is 0.150 e. The highest BCUT2D eigenvalue weighted by Crippen LogP contribution is 2.29. The van der Waals surface area contributed by atoms with Crippen molar-refractivity contribution in [2.75, 3.05) is 11.5 Å². The molecule has 1 rings (SSSR count). The summed E-state index contributed by atoms with van der Waals surface area (Å²) in [6.45, 7) is 5.37. The van der Waals surface area contributed by atoms with Gasteiger partial charge in [-0.1, -0.05) is 32.9 Å². The third-order valence-electron chi connectivity index (χ3n) is 3.79. The van der Waals surface area contributed by atoms with E-state index >= 15 is 0 Å². The van der Waals surface area contributed by atoms with Crippen molar-refractivity contribution in [2.45, 2.75) is 45.1 Å². The molecule has 0 saturated heterocycles. The Morgan fingerprint density at radius 2 is 1.80 bits per heavy atom. The molecule has 0 heterocycles. The number of sulfone groups is 1. The fraction of sp³-hybridized carbons (Fsp3) is 0.600. The monoisotopic (exact) mass is 302 g/mol. The smallest absolute Gasteiger partial charge is 0.150 e. The second-order valence-corrected chi connectivity index (χ2v) is 8.10. The van der Waals surface area contributed by atoms with E-state index in [0.717, 1.165) is 5.56 Å². The molecule has 5 heteroatoms. The van der Waals surface area contributed by atoms with Crippen LogP contribution in [0.4, 0.5) is 4.39 Å². The van der Waals surface area contributed by atoms with Gasteiger partial charge in [0.2, 0.25) is 0 Å². The highest BCUT2D eigenvalue weighted by atomic mass is 32.2. The lowest BCUT2D eigenvalue weighted by atomic mass is 9.78. The van der Waals surface area contributed by atoms with E-state index in [9.17, 15) is 17.9 Å². The van der Waals surface area contributed by atoms with Gasteiger partial charge in [0.15, 0.2) is 0 Å². The number of aliphatic hydroxyl groups excluding tert-OH is 1. The van der Waals surface area contributed by atoms with Gasteiger partial charge in [-0.2, -0.15) is 0 Å². The first kappa shape index (κ1) is 17.1. The Morgan fingerprint density at radius 3 is 2.30 bits per heavy atom. The van der Waals surface area contributed by atoms with Gasteiger partial charge in [-0.05, 0) is 30.5 Å². The van der Waals surface area contributed by atoms with E-state index in [1.165, 1.54) is 12.1 Å². The third-order valence-corrected chi connectivity index (χ3v) is 5.58. The summed E-state index contributed by atoms with van der Waals surface area (Å²) in [6, 6.07) is 6.04. The molecule has 1 aromatic carbocycles. The van der Waals surface area contributed by atoms with Crippen LogP contribution in [-0.4, -0.2) is 31.1 Å². The summed E-state index contributed by atoms with van der Waals surface area (Å²) >= 11 is 0. The van der Waals surface area contributed by atoms with Crippen LogP contribution in [0, 0.1) is 5.82 Å². The molecule has 114 valence electrons. The minimum absolute atomic E-state index is 0.0973. The summed E-state index contributed by atoms with van der Waals surface area (Å²) in [5, 5.41) is 10.3. The lowest BCUT2D eigenvalue weighted by Crippen LogP contribution is -2.34. The summed E-state index contributed by atoms with van der Waals surface area (Å²) in [6.07, 6.45) is 0.172. The van der Waals surface area contributed by atoms with Gasteiger partial charge in [0.1, 0.15) is 15.7 Å². The van der Waals surface area contributed by atoms with Crippen LogP contribution in [0.3, 0.4) is 0 Å². The van der Waals surface area contributed by atoms with Gasteiger partial charge in [0.05, 0.1) is 11.9 Å². The summed E-state index contributed by atoms with van der Waals surface area (Å²) in [5.41, 5.74) is 0.300. The zero-order chi connectivity index (χ0) is 15.4. The summed E-state index contributed by atoms with van der Waals surface area (Å²) in [5.74, 6) is -0.0853. The Morgan fingerprint density at radius 1 is 1.25 bits per heavy atom. The quantitative estimate of drug-likeness (QED) is 0.842. The van der Waals surface area contributed by atoms with Crippen molar-refractivity contribution in [3.8, 4) is 0 Å². The number of aliphatic hydroxyl groups is 1.